The molecule has 2 rings (SSSR count). The van der Waals surface area contributed by atoms with Gasteiger partial charge in [0.15, 0.2) is 0 Å². The normalized spacial score (nSPS) is 10.1. The van der Waals surface area contributed by atoms with E-state index in [-0.39, 0.29) is 5.97 Å². The number of esters is 2. The highest BCUT2D eigenvalue weighted by Gasteiger charge is 2.10. The molecule has 0 amide bonds. The predicted octanol–water partition coefficient (Wildman–Crippen LogP) is 3.37. The van der Waals surface area contributed by atoms with Gasteiger partial charge in [0.1, 0.15) is 0 Å². The molecule has 0 saturated heterocycles. The van der Waals surface area contributed by atoms with Crippen molar-refractivity contribution in [3.05, 3.63) is 53.6 Å². The third kappa shape index (κ3) is 4.25. The van der Waals surface area contributed by atoms with E-state index in [1.54, 1.807) is 56.3 Å². The summed E-state index contributed by atoms with van der Waals surface area (Å²) in [7, 11) is 0. The number of anilines is 3. The predicted molar refractivity (Wildman–Crippen MR) is 92.5 cm³/mol. The minimum atomic E-state index is -0.404. The SMILES string of the molecule is CCOC(=O)c1ccc(Nc2cc(C(=O)OCC)ccc2N)cc1. The number of benzene rings is 2. The third-order valence-electron chi connectivity index (χ3n) is 3.24. The molecule has 0 aliphatic rings. The Labute approximate surface area is 140 Å². The fourth-order valence-electron chi connectivity index (χ4n) is 2.07. The monoisotopic (exact) mass is 328 g/mol. The molecular formula is C18H20N2O4. The van der Waals surface area contributed by atoms with Crippen molar-refractivity contribution in [3.8, 4) is 0 Å². The summed E-state index contributed by atoms with van der Waals surface area (Å²) in [5, 5.41) is 3.12. The molecular weight excluding hydrogens is 308 g/mol. The van der Waals surface area contributed by atoms with Crippen LogP contribution in [-0.4, -0.2) is 25.2 Å². The van der Waals surface area contributed by atoms with Crippen molar-refractivity contribution in [2.45, 2.75) is 13.8 Å². The van der Waals surface area contributed by atoms with Gasteiger partial charge in [-0.1, -0.05) is 0 Å². The molecule has 2 aromatic rings. The zero-order valence-electron chi connectivity index (χ0n) is 13.7. The molecule has 0 saturated carbocycles. The van der Waals surface area contributed by atoms with Crippen LogP contribution in [0.2, 0.25) is 0 Å². The number of hydrogen-bond donors (Lipinski definition) is 2. The van der Waals surface area contributed by atoms with E-state index in [0.29, 0.717) is 35.7 Å². The Hall–Kier alpha value is -3.02. The largest absolute Gasteiger partial charge is 0.462 e. The van der Waals surface area contributed by atoms with Gasteiger partial charge in [-0.15, -0.1) is 0 Å². The Morgan fingerprint density at radius 1 is 0.917 bits per heavy atom. The van der Waals surface area contributed by atoms with Crippen LogP contribution in [0.15, 0.2) is 42.5 Å². The van der Waals surface area contributed by atoms with Crippen LogP contribution in [0.4, 0.5) is 17.1 Å². The molecule has 0 aliphatic carbocycles. The molecule has 24 heavy (non-hydrogen) atoms. The highest BCUT2D eigenvalue weighted by atomic mass is 16.5. The maximum atomic E-state index is 11.8. The quantitative estimate of drug-likeness (QED) is 0.624. The first-order valence-corrected chi connectivity index (χ1v) is 7.66. The van der Waals surface area contributed by atoms with Gasteiger partial charge in [0.2, 0.25) is 0 Å². The zero-order valence-corrected chi connectivity index (χ0v) is 13.7. The lowest BCUT2D eigenvalue weighted by Crippen LogP contribution is -2.06. The van der Waals surface area contributed by atoms with Gasteiger partial charge in [-0.2, -0.15) is 0 Å². The van der Waals surface area contributed by atoms with Gasteiger partial charge >= 0.3 is 11.9 Å². The number of nitrogen functional groups attached to an aromatic ring is 1. The second-order valence-electron chi connectivity index (χ2n) is 4.95. The van der Waals surface area contributed by atoms with Crippen molar-refractivity contribution in [2.75, 3.05) is 24.3 Å². The number of nitrogens with one attached hydrogen (secondary N) is 1. The first-order chi connectivity index (χ1) is 11.5. The maximum Gasteiger partial charge on any atom is 0.338 e. The average Bonchev–Trinajstić information content (AvgIpc) is 2.58. The molecule has 0 unspecified atom stereocenters. The Morgan fingerprint density at radius 2 is 1.46 bits per heavy atom. The number of carbonyl (C=O) groups excluding carboxylic acids is 2. The van der Waals surface area contributed by atoms with Crippen molar-refractivity contribution in [1.82, 2.24) is 0 Å². The summed E-state index contributed by atoms with van der Waals surface area (Å²) in [6.07, 6.45) is 0. The molecule has 0 fully saturated rings. The van der Waals surface area contributed by atoms with Gasteiger partial charge in [0, 0.05) is 5.69 Å². The molecule has 0 bridgehead atoms. The Kier molecular flexibility index (Phi) is 5.78. The second kappa shape index (κ2) is 8.01. The molecule has 0 aliphatic heterocycles. The number of nitrogens with two attached hydrogens (primary N) is 1. The first kappa shape index (κ1) is 17.3. The minimum Gasteiger partial charge on any atom is -0.462 e. The summed E-state index contributed by atoms with van der Waals surface area (Å²) in [5.74, 6) is -0.772. The molecule has 0 atom stereocenters. The fraction of sp³-hybridized carbons (Fsp3) is 0.222. The van der Waals surface area contributed by atoms with E-state index >= 15 is 0 Å². The summed E-state index contributed by atoms with van der Waals surface area (Å²) >= 11 is 0. The lowest BCUT2D eigenvalue weighted by atomic mass is 10.1. The summed E-state index contributed by atoms with van der Waals surface area (Å²) in [4.78, 5) is 23.4. The number of ether oxygens (including phenoxy) is 2. The molecule has 0 heterocycles. The van der Waals surface area contributed by atoms with Crippen molar-refractivity contribution >= 4 is 29.0 Å². The smallest absolute Gasteiger partial charge is 0.338 e. The van der Waals surface area contributed by atoms with Gasteiger partial charge in [-0.05, 0) is 56.3 Å². The Balaban J connectivity index is 2.17. The van der Waals surface area contributed by atoms with Crippen LogP contribution in [0.5, 0.6) is 0 Å². The van der Waals surface area contributed by atoms with Gasteiger partial charge in [0.25, 0.3) is 0 Å². The fourth-order valence-corrected chi connectivity index (χ4v) is 2.07. The van der Waals surface area contributed by atoms with E-state index in [1.807, 2.05) is 0 Å². The lowest BCUT2D eigenvalue weighted by molar-refractivity contribution is 0.0517. The van der Waals surface area contributed by atoms with Gasteiger partial charge in [0.05, 0.1) is 35.7 Å². The summed E-state index contributed by atoms with van der Waals surface area (Å²) in [6, 6.07) is 11.7. The standard InChI is InChI=1S/C18H20N2O4/c1-3-23-17(21)12-5-8-14(9-6-12)20-16-11-13(7-10-15(16)19)18(22)24-4-2/h5-11,20H,3-4,19H2,1-2H3. The molecule has 3 N–H and O–H groups in total. The van der Waals surface area contributed by atoms with Crippen LogP contribution in [0, 0.1) is 0 Å². The average molecular weight is 328 g/mol. The van der Waals surface area contributed by atoms with E-state index in [4.69, 9.17) is 15.2 Å². The molecule has 0 aromatic heterocycles. The Bertz CT molecular complexity index is 726. The minimum absolute atomic E-state index is 0.307. The molecule has 126 valence electrons. The van der Waals surface area contributed by atoms with Crippen LogP contribution < -0.4 is 11.1 Å². The van der Waals surface area contributed by atoms with E-state index in [9.17, 15) is 9.59 Å². The summed E-state index contributed by atoms with van der Waals surface area (Å²) in [6.45, 7) is 4.14. The molecule has 0 spiro atoms. The summed E-state index contributed by atoms with van der Waals surface area (Å²) in [5.41, 5.74) is 8.64. The maximum absolute atomic E-state index is 11.8. The van der Waals surface area contributed by atoms with Crippen molar-refractivity contribution in [3.63, 3.8) is 0 Å². The number of rotatable bonds is 6. The Morgan fingerprint density at radius 3 is 2.04 bits per heavy atom. The molecule has 6 heteroatoms. The number of carbonyl (C=O) groups is 2. The molecule has 6 nitrogen and oxygen atoms in total. The van der Waals surface area contributed by atoms with Gasteiger partial charge in [-0.25, -0.2) is 9.59 Å². The third-order valence-corrected chi connectivity index (χ3v) is 3.24. The second-order valence-corrected chi connectivity index (χ2v) is 4.95. The van der Waals surface area contributed by atoms with Crippen LogP contribution in [0.25, 0.3) is 0 Å². The highest BCUT2D eigenvalue weighted by Crippen LogP contribution is 2.25. The van der Waals surface area contributed by atoms with Crippen LogP contribution in [-0.2, 0) is 9.47 Å². The molecule has 2 aromatic carbocycles. The van der Waals surface area contributed by atoms with Crippen LogP contribution in [0.3, 0.4) is 0 Å². The van der Waals surface area contributed by atoms with Crippen molar-refractivity contribution < 1.29 is 19.1 Å². The van der Waals surface area contributed by atoms with E-state index < -0.39 is 5.97 Å². The van der Waals surface area contributed by atoms with E-state index in [1.165, 1.54) is 0 Å². The van der Waals surface area contributed by atoms with Crippen molar-refractivity contribution in [1.29, 1.82) is 0 Å². The summed E-state index contributed by atoms with van der Waals surface area (Å²) < 4.78 is 9.92. The topological polar surface area (TPSA) is 90.6 Å². The zero-order chi connectivity index (χ0) is 17.5. The first-order valence-electron chi connectivity index (χ1n) is 7.66. The van der Waals surface area contributed by atoms with Gasteiger partial charge < -0.3 is 20.5 Å². The van der Waals surface area contributed by atoms with Gasteiger partial charge in [-0.3, -0.25) is 0 Å². The molecule has 0 radical (unpaired) electrons. The van der Waals surface area contributed by atoms with E-state index in [2.05, 4.69) is 5.32 Å². The number of hydrogen-bond acceptors (Lipinski definition) is 6. The van der Waals surface area contributed by atoms with Crippen LogP contribution in [0.1, 0.15) is 34.6 Å². The lowest BCUT2D eigenvalue weighted by Gasteiger charge is -2.11. The highest BCUT2D eigenvalue weighted by molar-refractivity contribution is 5.93. The van der Waals surface area contributed by atoms with Crippen molar-refractivity contribution in [2.24, 2.45) is 0 Å². The van der Waals surface area contributed by atoms with Crippen LogP contribution >= 0.6 is 0 Å². The van der Waals surface area contributed by atoms with E-state index in [0.717, 1.165) is 5.69 Å².